The lowest BCUT2D eigenvalue weighted by molar-refractivity contribution is 0.0787. The lowest BCUT2D eigenvalue weighted by Crippen LogP contribution is -2.33. The van der Waals surface area contributed by atoms with Crippen LogP contribution in [0.25, 0.3) is 10.8 Å². The summed E-state index contributed by atoms with van der Waals surface area (Å²) in [5.41, 5.74) is 0.706. The molecule has 40 heavy (non-hydrogen) atoms. The molecule has 208 valence electrons. The van der Waals surface area contributed by atoms with Gasteiger partial charge in [0.25, 0.3) is 15.9 Å². The van der Waals surface area contributed by atoms with Crippen molar-refractivity contribution in [2.75, 3.05) is 17.6 Å². The van der Waals surface area contributed by atoms with Crippen LogP contribution in [0.5, 0.6) is 0 Å². The van der Waals surface area contributed by atoms with E-state index in [4.69, 9.17) is 23.2 Å². The van der Waals surface area contributed by atoms with E-state index in [0.717, 1.165) is 17.7 Å². The van der Waals surface area contributed by atoms with E-state index in [1.807, 2.05) is 30.3 Å². The third-order valence-electron chi connectivity index (χ3n) is 6.04. The third-order valence-corrected chi connectivity index (χ3v) is 9.06. The summed E-state index contributed by atoms with van der Waals surface area (Å²) in [5, 5.41) is 0.553. The minimum absolute atomic E-state index is 0.0147. The Hall–Kier alpha value is -3.24. The first-order valence-electron chi connectivity index (χ1n) is 11.7. The average Bonchev–Trinajstić information content (AvgIpc) is 2.89. The number of halogens is 2. The summed E-state index contributed by atoms with van der Waals surface area (Å²) in [6.45, 7) is 0.325. The number of aldehydes is 1. The Bertz CT molecular complexity index is 1740. The predicted molar refractivity (Wildman–Crippen MR) is 155 cm³/mol. The molecule has 0 atom stereocenters. The molecular weight excluding hydrogens is 598 g/mol. The lowest BCUT2D eigenvalue weighted by atomic mass is 9.98. The van der Waals surface area contributed by atoms with Crippen LogP contribution in [0.1, 0.15) is 26.3 Å². The number of benzene rings is 4. The van der Waals surface area contributed by atoms with E-state index in [2.05, 4.69) is 0 Å². The van der Waals surface area contributed by atoms with Gasteiger partial charge in [0, 0.05) is 34.8 Å². The molecule has 2 N–H and O–H groups in total. The number of fused-ring (bicyclic) bond motifs is 1. The fourth-order valence-electron chi connectivity index (χ4n) is 4.29. The standard InChI is InChI=1S/C27H23Cl2N2O7PS/c1-30(15-18-6-3-2-4-7-18)27(33)24-9-5-8-22-23(24)10-11-26(25(22)16-32)31(17-39(34,35)36)40(37,38)21-13-19(28)12-20(29)14-21/h2-14,16H,15,17H2,1H3,(H2,34,35,36). The van der Waals surface area contributed by atoms with Crippen molar-refractivity contribution in [1.82, 2.24) is 4.90 Å². The van der Waals surface area contributed by atoms with Crippen LogP contribution in [0.2, 0.25) is 10.0 Å². The van der Waals surface area contributed by atoms with Crippen LogP contribution < -0.4 is 4.31 Å². The van der Waals surface area contributed by atoms with Gasteiger partial charge in [-0.15, -0.1) is 0 Å². The quantitative estimate of drug-likeness (QED) is 0.185. The summed E-state index contributed by atoms with van der Waals surface area (Å²) in [4.78, 5) is 46.4. The first kappa shape index (κ1) is 29.7. The third kappa shape index (κ3) is 6.39. The van der Waals surface area contributed by atoms with Crippen molar-refractivity contribution in [1.29, 1.82) is 0 Å². The average molecular weight is 621 g/mol. The molecule has 0 aliphatic heterocycles. The molecule has 0 heterocycles. The van der Waals surface area contributed by atoms with Crippen molar-refractivity contribution >= 4 is 69.5 Å². The Kier molecular flexibility index (Phi) is 8.70. The van der Waals surface area contributed by atoms with Crippen LogP contribution in [0.4, 0.5) is 5.69 Å². The smallest absolute Gasteiger partial charge is 0.337 e. The van der Waals surface area contributed by atoms with Crippen molar-refractivity contribution in [3.05, 3.63) is 106 Å². The van der Waals surface area contributed by atoms with Crippen molar-refractivity contribution < 1.29 is 32.4 Å². The molecule has 4 aromatic rings. The maximum atomic E-state index is 13.6. The monoisotopic (exact) mass is 620 g/mol. The molecule has 0 spiro atoms. The Labute approximate surface area is 240 Å². The van der Waals surface area contributed by atoms with Gasteiger partial charge in [0.15, 0.2) is 6.29 Å². The molecule has 0 fully saturated rings. The number of anilines is 1. The van der Waals surface area contributed by atoms with E-state index in [1.54, 1.807) is 19.2 Å². The summed E-state index contributed by atoms with van der Waals surface area (Å²) in [6, 6.07) is 20.1. The number of hydrogen-bond acceptors (Lipinski definition) is 5. The Morgan fingerprint density at radius 2 is 1.57 bits per heavy atom. The Balaban J connectivity index is 1.86. The molecule has 4 aromatic carbocycles. The van der Waals surface area contributed by atoms with Crippen LogP contribution in [0, 0.1) is 0 Å². The van der Waals surface area contributed by atoms with Gasteiger partial charge < -0.3 is 14.7 Å². The summed E-state index contributed by atoms with van der Waals surface area (Å²) < 4.78 is 39.8. The van der Waals surface area contributed by atoms with E-state index >= 15 is 0 Å². The molecule has 0 aromatic heterocycles. The lowest BCUT2D eigenvalue weighted by Gasteiger charge is -2.27. The zero-order chi connectivity index (χ0) is 29.2. The van der Waals surface area contributed by atoms with Gasteiger partial charge in [-0.05, 0) is 46.7 Å². The van der Waals surface area contributed by atoms with Crippen LogP contribution in [0.3, 0.4) is 0 Å². The summed E-state index contributed by atoms with van der Waals surface area (Å²) in [7, 11) is -8.02. The van der Waals surface area contributed by atoms with Crippen LogP contribution in [-0.2, 0) is 21.1 Å². The van der Waals surface area contributed by atoms with Gasteiger partial charge in [0.2, 0.25) is 0 Å². The van der Waals surface area contributed by atoms with Gasteiger partial charge in [0.05, 0.1) is 10.6 Å². The van der Waals surface area contributed by atoms with E-state index in [-0.39, 0.29) is 38.2 Å². The van der Waals surface area contributed by atoms with Crippen molar-refractivity contribution in [2.24, 2.45) is 0 Å². The molecule has 13 heteroatoms. The second-order valence-electron chi connectivity index (χ2n) is 8.93. The minimum Gasteiger partial charge on any atom is -0.337 e. The molecule has 0 saturated heterocycles. The van der Waals surface area contributed by atoms with Crippen LogP contribution >= 0.6 is 30.8 Å². The second kappa shape index (κ2) is 11.7. The first-order valence-corrected chi connectivity index (χ1v) is 15.6. The van der Waals surface area contributed by atoms with Gasteiger partial charge in [-0.1, -0.05) is 71.7 Å². The van der Waals surface area contributed by atoms with Crippen molar-refractivity contribution in [3.8, 4) is 0 Å². The van der Waals surface area contributed by atoms with E-state index in [1.165, 1.54) is 29.2 Å². The zero-order valence-corrected chi connectivity index (χ0v) is 24.2. The highest BCUT2D eigenvalue weighted by Gasteiger charge is 2.34. The molecule has 9 nitrogen and oxygen atoms in total. The molecule has 0 bridgehead atoms. The normalized spacial score (nSPS) is 11.8. The fraction of sp³-hybridized carbons (Fsp3) is 0.111. The van der Waals surface area contributed by atoms with Crippen molar-refractivity contribution in [2.45, 2.75) is 11.4 Å². The Morgan fingerprint density at radius 1 is 0.925 bits per heavy atom. The van der Waals surface area contributed by atoms with Gasteiger partial charge in [-0.25, -0.2) is 8.42 Å². The number of sulfonamides is 1. The van der Waals surface area contributed by atoms with Gasteiger partial charge in [-0.3, -0.25) is 18.5 Å². The molecule has 0 saturated carbocycles. The highest BCUT2D eigenvalue weighted by Crippen LogP contribution is 2.42. The van der Waals surface area contributed by atoms with Crippen molar-refractivity contribution in [3.63, 3.8) is 0 Å². The summed E-state index contributed by atoms with van der Waals surface area (Å²) in [5.74, 6) is -0.340. The minimum atomic E-state index is -4.99. The van der Waals surface area contributed by atoms with Gasteiger partial charge in [0.1, 0.15) is 6.29 Å². The highest BCUT2D eigenvalue weighted by molar-refractivity contribution is 7.93. The molecule has 0 aliphatic rings. The number of carbonyl (C=O) groups excluding carboxylic acids is 2. The maximum Gasteiger partial charge on any atom is 0.345 e. The summed E-state index contributed by atoms with van der Waals surface area (Å²) in [6.07, 6.45) is -0.878. The van der Waals surface area contributed by atoms with E-state index < -0.39 is 28.8 Å². The molecule has 0 unspecified atom stereocenters. The molecule has 4 rings (SSSR count). The number of carbonyl (C=O) groups is 2. The second-order valence-corrected chi connectivity index (χ2v) is 13.3. The largest absolute Gasteiger partial charge is 0.345 e. The Morgan fingerprint density at radius 3 is 2.17 bits per heavy atom. The number of rotatable bonds is 9. The summed E-state index contributed by atoms with van der Waals surface area (Å²) >= 11 is 12.0. The number of hydrogen-bond donors (Lipinski definition) is 2. The number of nitrogens with zero attached hydrogens (tertiary/aromatic N) is 2. The van der Waals surface area contributed by atoms with Crippen LogP contribution in [0.15, 0.2) is 83.8 Å². The molecule has 1 amide bonds. The topological polar surface area (TPSA) is 132 Å². The molecule has 0 radical (unpaired) electrons. The SMILES string of the molecule is CN(Cc1ccccc1)C(=O)c1cccc2c(C=O)c(N(CP(=O)(O)O)S(=O)(=O)c3cc(Cl)cc(Cl)c3)ccc12. The van der Waals surface area contributed by atoms with Gasteiger partial charge >= 0.3 is 7.60 Å². The maximum absolute atomic E-state index is 13.6. The van der Waals surface area contributed by atoms with Crippen LogP contribution in [-0.4, -0.2) is 48.6 Å². The van der Waals surface area contributed by atoms with E-state index in [0.29, 0.717) is 22.5 Å². The zero-order valence-electron chi connectivity index (χ0n) is 20.9. The van der Waals surface area contributed by atoms with Gasteiger partial charge in [-0.2, -0.15) is 0 Å². The number of amides is 1. The van der Waals surface area contributed by atoms with E-state index in [9.17, 15) is 32.4 Å². The molecular formula is C27H23Cl2N2O7PS. The predicted octanol–water partition coefficient (Wildman–Crippen LogP) is 5.56. The highest BCUT2D eigenvalue weighted by atomic mass is 35.5. The first-order chi connectivity index (χ1) is 18.8. The molecule has 0 aliphatic carbocycles. The fourth-order valence-corrected chi connectivity index (χ4v) is 7.71.